The Morgan fingerprint density at radius 1 is 1.12 bits per heavy atom. The Morgan fingerprint density at radius 3 is 2.50 bits per heavy atom. The van der Waals surface area contributed by atoms with Crippen molar-refractivity contribution < 1.29 is 0 Å². The number of rotatable bonds is 2. The largest absolute Gasteiger partial charge is 0.296 e. The molecule has 0 spiro atoms. The first-order valence-electron chi connectivity index (χ1n) is 5.93. The molecule has 2 N–H and O–H groups in total. The minimum Gasteiger partial charge on any atom is -0.296 e. The summed E-state index contributed by atoms with van der Waals surface area (Å²) in [4.78, 5) is 2.48. The van der Waals surface area contributed by atoms with Crippen molar-refractivity contribution in [2.24, 2.45) is 5.84 Å². The monoisotopic (exact) mass is 219 g/mol. The lowest BCUT2D eigenvalue weighted by Crippen LogP contribution is -2.48. The lowest BCUT2D eigenvalue weighted by Gasteiger charge is -2.32. The van der Waals surface area contributed by atoms with Crippen molar-refractivity contribution in [3.05, 3.63) is 34.9 Å². The zero-order chi connectivity index (χ0) is 11.5. The molecule has 1 aromatic carbocycles. The number of hydrazine groups is 1. The van der Waals surface area contributed by atoms with Gasteiger partial charge < -0.3 is 0 Å². The second-order valence-electron chi connectivity index (χ2n) is 4.74. The SMILES string of the molecule is Cc1ccc(C)c(CN2CCN(N)CC2)c1. The van der Waals surface area contributed by atoms with Crippen molar-refractivity contribution in [1.82, 2.24) is 9.91 Å². The highest BCUT2D eigenvalue weighted by atomic mass is 15.4. The number of aryl methyl sites for hydroxylation is 2. The predicted octanol–water partition coefficient (Wildman–Crippen LogP) is 1.29. The zero-order valence-electron chi connectivity index (χ0n) is 10.2. The lowest BCUT2D eigenvalue weighted by molar-refractivity contribution is 0.128. The van der Waals surface area contributed by atoms with Crippen LogP contribution in [0.25, 0.3) is 0 Å². The molecule has 0 unspecified atom stereocenters. The Morgan fingerprint density at radius 2 is 1.81 bits per heavy atom. The van der Waals surface area contributed by atoms with Gasteiger partial charge in [-0.3, -0.25) is 10.7 Å². The summed E-state index contributed by atoms with van der Waals surface area (Å²) in [5.74, 6) is 5.75. The Balaban J connectivity index is 2.00. The molecule has 0 radical (unpaired) electrons. The summed E-state index contributed by atoms with van der Waals surface area (Å²) in [6.07, 6.45) is 0. The fourth-order valence-corrected chi connectivity index (χ4v) is 2.13. The molecule has 16 heavy (non-hydrogen) atoms. The van der Waals surface area contributed by atoms with Crippen molar-refractivity contribution in [2.45, 2.75) is 20.4 Å². The summed E-state index contributed by atoms with van der Waals surface area (Å²) >= 11 is 0. The third kappa shape index (κ3) is 2.82. The van der Waals surface area contributed by atoms with Gasteiger partial charge in [0, 0.05) is 32.7 Å². The van der Waals surface area contributed by atoms with Gasteiger partial charge in [-0.05, 0) is 25.0 Å². The van der Waals surface area contributed by atoms with E-state index in [4.69, 9.17) is 5.84 Å². The maximum absolute atomic E-state index is 5.75. The van der Waals surface area contributed by atoms with Gasteiger partial charge in [-0.2, -0.15) is 0 Å². The van der Waals surface area contributed by atoms with Gasteiger partial charge in [0.1, 0.15) is 0 Å². The third-order valence-electron chi connectivity index (χ3n) is 3.31. The summed E-state index contributed by atoms with van der Waals surface area (Å²) in [7, 11) is 0. The normalized spacial score (nSPS) is 18.9. The van der Waals surface area contributed by atoms with Crippen LogP contribution >= 0.6 is 0 Å². The van der Waals surface area contributed by atoms with Crippen LogP contribution < -0.4 is 5.84 Å². The molecule has 0 aromatic heterocycles. The molecule has 3 heteroatoms. The predicted molar refractivity (Wildman–Crippen MR) is 67.0 cm³/mol. The van der Waals surface area contributed by atoms with E-state index in [-0.39, 0.29) is 0 Å². The van der Waals surface area contributed by atoms with Gasteiger partial charge in [-0.1, -0.05) is 23.8 Å². The number of piperazine rings is 1. The van der Waals surface area contributed by atoms with Crippen molar-refractivity contribution in [3.8, 4) is 0 Å². The van der Waals surface area contributed by atoms with E-state index in [2.05, 4.69) is 36.9 Å². The molecule has 1 heterocycles. The van der Waals surface area contributed by atoms with E-state index in [1.54, 1.807) is 0 Å². The summed E-state index contributed by atoms with van der Waals surface area (Å²) < 4.78 is 0. The molecule has 1 fully saturated rings. The van der Waals surface area contributed by atoms with Crippen LogP contribution in [-0.2, 0) is 6.54 Å². The van der Waals surface area contributed by atoms with Crippen LogP contribution in [0.2, 0.25) is 0 Å². The van der Waals surface area contributed by atoms with Gasteiger partial charge in [-0.15, -0.1) is 0 Å². The minimum atomic E-state index is 0.977. The highest BCUT2D eigenvalue weighted by molar-refractivity contribution is 5.30. The first-order valence-corrected chi connectivity index (χ1v) is 5.93. The van der Waals surface area contributed by atoms with Gasteiger partial charge in [0.25, 0.3) is 0 Å². The number of hydrogen-bond donors (Lipinski definition) is 1. The number of nitrogens with two attached hydrogens (primary N) is 1. The molecular weight excluding hydrogens is 198 g/mol. The molecule has 1 aliphatic rings. The van der Waals surface area contributed by atoms with Crippen LogP contribution in [0.1, 0.15) is 16.7 Å². The molecule has 0 amide bonds. The minimum absolute atomic E-state index is 0.977. The highest BCUT2D eigenvalue weighted by Crippen LogP contribution is 2.14. The lowest BCUT2D eigenvalue weighted by atomic mass is 10.1. The van der Waals surface area contributed by atoms with E-state index in [1.807, 2.05) is 5.01 Å². The van der Waals surface area contributed by atoms with Crippen LogP contribution in [0.4, 0.5) is 0 Å². The molecule has 1 aromatic rings. The van der Waals surface area contributed by atoms with Crippen LogP contribution in [-0.4, -0.2) is 36.1 Å². The fraction of sp³-hybridized carbons (Fsp3) is 0.538. The smallest absolute Gasteiger partial charge is 0.0257 e. The van der Waals surface area contributed by atoms with E-state index >= 15 is 0 Å². The van der Waals surface area contributed by atoms with Crippen molar-refractivity contribution in [1.29, 1.82) is 0 Å². The Hall–Kier alpha value is -0.900. The Bertz CT molecular complexity index is 354. The molecule has 2 rings (SSSR count). The highest BCUT2D eigenvalue weighted by Gasteiger charge is 2.14. The standard InChI is InChI=1S/C13H21N3/c1-11-3-4-12(2)13(9-11)10-15-5-7-16(14)8-6-15/h3-4,9H,5-8,10,14H2,1-2H3. The first-order chi connectivity index (χ1) is 7.65. The average Bonchev–Trinajstić information content (AvgIpc) is 2.27. The van der Waals surface area contributed by atoms with Gasteiger partial charge in [0.05, 0.1) is 0 Å². The van der Waals surface area contributed by atoms with E-state index in [0.717, 1.165) is 32.7 Å². The zero-order valence-corrected chi connectivity index (χ0v) is 10.2. The maximum atomic E-state index is 5.75. The summed E-state index contributed by atoms with van der Waals surface area (Å²) in [6, 6.07) is 6.69. The first kappa shape index (κ1) is 11.6. The van der Waals surface area contributed by atoms with E-state index in [1.165, 1.54) is 16.7 Å². The molecule has 1 saturated heterocycles. The molecule has 0 saturated carbocycles. The van der Waals surface area contributed by atoms with Gasteiger partial charge in [0.2, 0.25) is 0 Å². The van der Waals surface area contributed by atoms with Gasteiger partial charge >= 0.3 is 0 Å². The molecule has 0 bridgehead atoms. The average molecular weight is 219 g/mol. The van der Waals surface area contributed by atoms with Crippen molar-refractivity contribution in [2.75, 3.05) is 26.2 Å². The van der Waals surface area contributed by atoms with Crippen LogP contribution in [0.15, 0.2) is 18.2 Å². The van der Waals surface area contributed by atoms with E-state index in [9.17, 15) is 0 Å². The molecule has 3 nitrogen and oxygen atoms in total. The molecule has 0 aliphatic carbocycles. The number of nitrogens with zero attached hydrogens (tertiary/aromatic N) is 2. The summed E-state index contributed by atoms with van der Waals surface area (Å²) in [6.45, 7) is 9.50. The van der Waals surface area contributed by atoms with Crippen LogP contribution in [0.5, 0.6) is 0 Å². The van der Waals surface area contributed by atoms with Crippen LogP contribution in [0.3, 0.4) is 0 Å². The second-order valence-corrected chi connectivity index (χ2v) is 4.74. The molecule has 88 valence electrons. The van der Waals surface area contributed by atoms with Crippen LogP contribution in [0, 0.1) is 13.8 Å². The van der Waals surface area contributed by atoms with Gasteiger partial charge in [0.15, 0.2) is 0 Å². The molecular formula is C13H21N3. The molecule has 0 atom stereocenters. The topological polar surface area (TPSA) is 32.5 Å². The fourth-order valence-electron chi connectivity index (χ4n) is 2.13. The van der Waals surface area contributed by atoms with E-state index < -0.39 is 0 Å². The Kier molecular flexibility index (Phi) is 3.59. The van der Waals surface area contributed by atoms with E-state index in [0.29, 0.717) is 0 Å². The number of hydrogen-bond acceptors (Lipinski definition) is 3. The summed E-state index contributed by atoms with van der Waals surface area (Å²) in [5.41, 5.74) is 4.18. The van der Waals surface area contributed by atoms with Gasteiger partial charge in [-0.25, -0.2) is 5.01 Å². The quantitative estimate of drug-likeness (QED) is 0.761. The van der Waals surface area contributed by atoms with Crippen molar-refractivity contribution >= 4 is 0 Å². The van der Waals surface area contributed by atoms with Crippen molar-refractivity contribution in [3.63, 3.8) is 0 Å². The second kappa shape index (κ2) is 4.95. The number of benzene rings is 1. The summed E-state index contributed by atoms with van der Waals surface area (Å²) in [5, 5.41) is 1.90. The molecule has 1 aliphatic heterocycles. The Labute approximate surface area is 97.8 Å². The maximum Gasteiger partial charge on any atom is 0.0257 e. The third-order valence-corrected chi connectivity index (χ3v) is 3.31.